The van der Waals surface area contributed by atoms with Crippen LogP contribution in [0.1, 0.15) is 11.1 Å². The standard InChI is InChI=1S/C20H14FNO/c21-17-10-4-9-16(13-17)20-22-18-11-5-8-15(19(18)23-20)12-14-6-2-1-3-7-14/h1-11,13H,12H2. The molecule has 0 aliphatic rings. The molecule has 0 spiro atoms. The fourth-order valence-electron chi connectivity index (χ4n) is 2.71. The van der Waals surface area contributed by atoms with Gasteiger partial charge >= 0.3 is 0 Å². The molecule has 4 rings (SSSR count). The van der Waals surface area contributed by atoms with Crippen molar-refractivity contribution in [1.82, 2.24) is 4.98 Å². The van der Waals surface area contributed by atoms with Crippen LogP contribution in [0.5, 0.6) is 0 Å². The SMILES string of the molecule is Fc1cccc(-c2nc3cccc(Cc4ccccc4)c3o2)c1. The summed E-state index contributed by atoms with van der Waals surface area (Å²) in [5.41, 5.74) is 4.48. The van der Waals surface area contributed by atoms with Gasteiger partial charge in [0.2, 0.25) is 5.89 Å². The number of nitrogens with zero attached hydrogens (tertiary/aromatic N) is 1. The van der Waals surface area contributed by atoms with Crippen molar-refractivity contribution in [3.8, 4) is 11.5 Å². The molecule has 0 fully saturated rings. The highest BCUT2D eigenvalue weighted by atomic mass is 19.1. The van der Waals surface area contributed by atoms with E-state index >= 15 is 0 Å². The first kappa shape index (κ1) is 13.7. The topological polar surface area (TPSA) is 26.0 Å². The number of rotatable bonds is 3. The van der Waals surface area contributed by atoms with E-state index in [0.717, 1.165) is 23.1 Å². The Balaban J connectivity index is 1.78. The third kappa shape index (κ3) is 2.73. The van der Waals surface area contributed by atoms with Crippen LogP contribution in [0, 0.1) is 5.82 Å². The summed E-state index contributed by atoms with van der Waals surface area (Å²) < 4.78 is 19.3. The van der Waals surface area contributed by atoms with Gasteiger partial charge in [-0.15, -0.1) is 0 Å². The Morgan fingerprint density at radius 1 is 0.870 bits per heavy atom. The fraction of sp³-hybridized carbons (Fsp3) is 0.0500. The molecule has 3 aromatic carbocycles. The molecule has 0 saturated heterocycles. The van der Waals surface area contributed by atoms with Crippen LogP contribution < -0.4 is 0 Å². The van der Waals surface area contributed by atoms with E-state index in [4.69, 9.17) is 4.42 Å². The summed E-state index contributed by atoms with van der Waals surface area (Å²) in [6.45, 7) is 0. The number of hydrogen-bond donors (Lipinski definition) is 0. The van der Waals surface area contributed by atoms with E-state index in [2.05, 4.69) is 17.1 Å². The summed E-state index contributed by atoms with van der Waals surface area (Å²) in [5, 5.41) is 0. The van der Waals surface area contributed by atoms with Gasteiger partial charge in [0.05, 0.1) is 0 Å². The van der Waals surface area contributed by atoms with Gasteiger partial charge in [-0.1, -0.05) is 48.5 Å². The monoisotopic (exact) mass is 303 g/mol. The van der Waals surface area contributed by atoms with E-state index in [0.29, 0.717) is 11.5 Å². The first-order valence-electron chi connectivity index (χ1n) is 7.48. The van der Waals surface area contributed by atoms with Crippen LogP contribution in [0.2, 0.25) is 0 Å². The number of hydrogen-bond acceptors (Lipinski definition) is 2. The summed E-state index contributed by atoms with van der Waals surface area (Å²) in [5.74, 6) is 0.147. The molecule has 2 nitrogen and oxygen atoms in total. The van der Waals surface area contributed by atoms with Crippen molar-refractivity contribution >= 4 is 11.1 Å². The van der Waals surface area contributed by atoms with E-state index in [1.807, 2.05) is 36.4 Å². The smallest absolute Gasteiger partial charge is 0.227 e. The Morgan fingerprint density at radius 2 is 1.70 bits per heavy atom. The lowest BCUT2D eigenvalue weighted by molar-refractivity contribution is 0.608. The van der Waals surface area contributed by atoms with Crippen LogP contribution in [0.4, 0.5) is 4.39 Å². The zero-order valence-corrected chi connectivity index (χ0v) is 12.4. The van der Waals surface area contributed by atoms with Crippen LogP contribution in [0.3, 0.4) is 0 Å². The molecule has 1 heterocycles. The molecule has 23 heavy (non-hydrogen) atoms. The minimum Gasteiger partial charge on any atom is -0.436 e. The van der Waals surface area contributed by atoms with Crippen LogP contribution in [0.15, 0.2) is 77.2 Å². The second kappa shape index (κ2) is 5.69. The van der Waals surface area contributed by atoms with Crippen LogP contribution in [0.25, 0.3) is 22.6 Å². The highest BCUT2D eigenvalue weighted by Gasteiger charge is 2.12. The number of aromatic nitrogens is 1. The minimum absolute atomic E-state index is 0.297. The van der Waals surface area contributed by atoms with Crippen molar-refractivity contribution < 1.29 is 8.81 Å². The average Bonchev–Trinajstić information content (AvgIpc) is 3.01. The van der Waals surface area contributed by atoms with Crippen molar-refractivity contribution in [1.29, 1.82) is 0 Å². The Labute approximate surface area is 133 Å². The van der Waals surface area contributed by atoms with E-state index in [-0.39, 0.29) is 5.82 Å². The molecule has 1 aromatic heterocycles. The molecule has 0 amide bonds. The molecule has 3 heteroatoms. The zero-order valence-electron chi connectivity index (χ0n) is 12.4. The molecule has 0 unspecified atom stereocenters. The molecular formula is C20H14FNO. The van der Waals surface area contributed by atoms with Crippen molar-refractivity contribution in [2.24, 2.45) is 0 Å². The molecule has 0 aliphatic carbocycles. The number of benzene rings is 3. The van der Waals surface area contributed by atoms with Gasteiger partial charge in [0.15, 0.2) is 5.58 Å². The second-order valence-electron chi connectivity index (χ2n) is 5.46. The number of para-hydroxylation sites is 1. The average molecular weight is 303 g/mol. The first-order valence-corrected chi connectivity index (χ1v) is 7.48. The number of halogens is 1. The fourth-order valence-corrected chi connectivity index (χ4v) is 2.71. The van der Waals surface area contributed by atoms with Gasteiger partial charge in [0.1, 0.15) is 11.3 Å². The lowest BCUT2D eigenvalue weighted by atomic mass is 10.0. The molecule has 0 aliphatic heterocycles. The van der Waals surface area contributed by atoms with Crippen LogP contribution in [-0.2, 0) is 6.42 Å². The van der Waals surface area contributed by atoms with Gasteiger partial charge in [0, 0.05) is 17.5 Å². The second-order valence-corrected chi connectivity index (χ2v) is 5.46. The Morgan fingerprint density at radius 3 is 2.52 bits per heavy atom. The maximum atomic E-state index is 13.4. The van der Waals surface area contributed by atoms with Gasteiger partial charge in [-0.2, -0.15) is 0 Å². The van der Waals surface area contributed by atoms with Gasteiger partial charge in [-0.25, -0.2) is 9.37 Å². The molecular weight excluding hydrogens is 289 g/mol. The third-order valence-electron chi connectivity index (χ3n) is 3.81. The normalized spacial score (nSPS) is 11.0. The van der Waals surface area contributed by atoms with Crippen molar-refractivity contribution in [3.05, 3.63) is 89.7 Å². The Hall–Kier alpha value is -2.94. The van der Waals surface area contributed by atoms with Crippen molar-refractivity contribution in [3.63, 3.8) is 0 Å². The van der Waals surface area contributed by atoms with Gasteiger partial charge in [0.25, 0.3) is 0 Å². The Kier molecular flexibility index (Phi) is 3.39. The van der Waals surface area contributed by atoms with Gasteiger partial charge < -0.3 is 4.42 Å². The molecule has 0 N–H and O–H groups in total. The summed E-state index contributed by atoms with van der Waals surface area (Å²) in [6.07, 6.45) is 0.774. The largest absolute Gasteiger partial charge is 0.436 e. The van der Waals surface area contributed by atoms with Crippen LogP contribution >= 0.6 is 0 Å². The summed E-state index contributed by atoms with van der Waals surface area (Å²) in [6, 6.07) is 22.4. The van der Waals surface area contributed by atoms with Gasteiger partial charge in [-0.3, -0.25) is 0 Å². The number of fused-ring (bicyclic) bond motifs is 1. The van der Waals surface area contributed by atoms with E-state index in [1.165, 1.54) is 17.7 Å². The molecule has 0 saturated carbocycles. The van der Waals surface area contributed by atoms with E-state index in [1.54, 1.807) is 12.1 Å². The maximum absolute atomic E-state index is 13.4. The summed E-state index contributed by atoms with van der Waals surface area (Å²) in [7, 11) is 0. The highest BCUT2D eigenvalue weighted by molar-refractivity contribution is 5.79. The van der Waals surface area contributed by atoms with E-state index < -0.39 is 0 Å². The van der Waals surface area contributed by atoms with Crippen molar-refractivity contribution in [2.45, 2.75) is 6.42 Å². The molecule has 112 valence electrons. The highest BCUT2D eigenvalue weighted by Crippen LogP contribution is 2.28. The predicted molar refractivity (Wildman–Crippen MR) is 88.7 cm³/mol. The van der Waals surface area contributed by atoms with Crippen molar-refractivity contribution in [2.75, 3.05) is 0 Å². The third-order valence-corrected chi connectivity index (χ3v) is 3.81. The van der Waals surface area contributed by atoms with Gasteiger partial charge in [-0.05, 0) is 29.8 Å². The zero-order chi connectivity index (χ0) is 15.6. The lowest BCUT2D eigenvalue weighted by Gasteiger charge is -2.02. The summed E-state index contributed by atoms with van der Waals surface area (Å²) in [4.78, 5) is 4.49. The Bertz CT molecular complexity index is 960. The lowest BCUT2D eigenvalue weighted by Crippen LogP contribution is -1.87. The minimum atomic E-state index is -0.297. The first-order chi connectivity index (χ1) is 11.3. The predicted octanol–water partition coefficient (Wildman–Crippen LogP) is 5.22. The van der Waals surface area contributed by atoms with Crippen LogP contribution in [-0.4, -0.2) is 4.98 Å². The van der Waals surface area contributed by atoms with E-state index in [9.17, 15) is 4.39 Å². The molecule has 0 atom stereocenters. The maximum Gasteiger partial charge on any atom is 0.227 e. The molecule has 0 radical (unpaired) electrons. The summed E-state index contributed by atoms with van der Waals surface area (Å²) >= 11 is 0. The molecule has 0 bridgehead atoms. The number of oxazole rings is 1. The quantitative estimate of drug-likeness (QED) is 0.518. The molecule has 4 aromatic rings.